The molecule has 0 spiro atoms. The molecule has 0 unspecified atom stereocenters. The number of hydrogen-bond donors (Lipinski definition) is 3. The van der Waals surface area contributed by atoms with E-state index in [-0.39, 0.29) is 5.91 Å². The number of hydrogen-bond acceptors (Lipinski definition) is 3. The van der Waals surface area contributed by atoms with E-state index in [1.807, 2.05) is 31.2 Å². The lowest BCUT2D eigenvalue weighted by molar-refractivity contribution is 0.0948. The van der Waals surface area contributed by atoms with Crippen molar-refractivity contribution < 1.29 is 4.79 Å². The second kappa shape index (κ2) is 6.15. The SMILES string of the molecule is Cc1ccc(-c2cc(C(=O)NCCCN)[nH]n2)cc1. The fraction of sp³-hybridized carbons (Fsp3) is 0.286. The van der Waals surface area contributed by atoms with Crippen molar-refractivity contribution in [1.29, 1.82) is 0 Å². The molecule has 0 fully saturated rings. The number of aromatic amines is 1. The Labute approximate surface area is 112 Å². The maximum absolute atomic E-state index is 11.8. The summed E-state index contributed by atoms with van der Waals surface area (Å²) >= 11 is 0. The van der Waals surface area contributed by atoms with Crippen LogP contribution in [0.25, 0.3) is 11.3 Å². The second-order valence-electron chi connectivity index (χ2n) is 4.43. The predicted octanol–water partition coefficient (Wildman–Crippen LogP) is 1.46. The Morgan fingerprint density at radius 3 is 2.79 bits per heavy atom. The minimum atomic E-state index is -0.153. The average molecular weight is 258 g/mol. The molecule has 0 aliphatic carbocycles. The number of aromatic nitrogens is 2. The zero-order valence-electron chi connectivity index (χ0n) is 10.9. The van der Waals surface area contributed by atoms with E-state index in [1.165, 1.54) is 5.56 Å². The predicted molar refractivity (Wildman–Crippen MR) is 74.8 cm³/mol. The number of nitrogens with zero attached hydrogens (tertiary/aromatic N) is 1. The number of carbonyl (C=O) groups is 1. The highest BCUT2D eigenvalue weighted by molar-refractivity contribution is 5.93. The molecule has 5 nitrogen and oxygen atoms in total. The Morgan fingerprint density at radius 2 is 2.11 bits per heavy atom. The van der Waals surface area contributed by atoms with E-state index in [0.717, 1.165) is 17.7 Å². The molecular formula is C14H18N4O. The number of rotatable bonds is 5. The summed E-state index contributed by atoms with van der Waals surface area (Å²) in [6, 6.07) is 9.77. The van der Waals surface area contributed by atoms with Crippen LogP contribution in [-0.4, -0.2) is 29.2 Å². The highest BCUT2D eigenvalue weighted by Crippen LogP contribution is 2.18. The number of H-pyrrole nitrogens is 1. The summed E-state index contributed by atoms with van der Waals surface area (Å²) in [4.78, 5) is 11.8. The van der Waals surface area contributed by atoms with Crippen LogP contribution in [0.1, 0.15) is 22.5 Å². The van der Waals surface area contributed by atoms with Gasteiger partial charge in [-0.1, -0.05) is 29.8 Å². The van der Waals surface area contributed by atoms with Gasteiger partial charge in [0.1, 0.15) is 5.69 Å². The van der Waals surface area contributed by atoms with E-state index in [0.29, 0.717) is 18.8 Å². The standard InChI is InChI=1S/C14H18N4O/c1-10-3-5-11(6-4-10)12-9-13(18-17-12)14(19)16-8-2-7-15/h3-6,9H,2,7-8,15H2,1H3,(H,16,19)(H,17,18). The first-order chi connectivity index (χ1) is 9.20. The van der Waals surface area contributed by atoms with Gasteiger partial charge in [0, 0.05) is 12.1 Å². The van der Waals surface area contributed by atoms with Crippen molar-refractivity contribution in [2.24, 2.45) is 5.73 Å². The van der Waals surface area contributed by atoms with Crippen LogP contribution in [0.3, 0.4) is 0 Å². The molecule has 0 atom stereocenters. The van der Waals surface area contributed by atoms with Crippen molar-refractivity contribution >= 4 is 5.91 Å². The Morgan fingerprint density at radius 1 is 1.37 bits per heavy atom. The highest BCUT2D eigenvalue weighted by atomic mass is 16.1. The van der Waals surface area contributed by atoms with Gasteiger partial charge in [-0.05, 0) is 26.0 Å². The molecule has 0 aliphatic heterocycles. The number of benzene rings is 1. The summed E-state index contributed by atoms with van der Waals surface area (Å²) in [6.45, 7) is 3.18. The Balaban J connectivity index is 2.06. The molecule has 5 heteroatoms. The van der Waals surface area contributed by atoms with Gasteiger partial charge in [-0.25, -0.2) is 0 Å². The van der Waals surface area contributed by atoms with Gasteiger partial charge < -0.3 is 11.1 Å². The summed E-state index contributed by atoms with van der Waals surface area (Å²) in [6.07, 6.45) is 0.769. The summed E-state index contributed by atoms with van der Waals surface area (Å²) in [5, 5.41) is 9.69. The van der Waals surface area contributed by atoms with E-state index in [2.05, 4.69) is 15.5 Å². The van der Waals surface area contributed by atoms with Gasteiger partial charge in [0.05, 0.1) is 5.69 Å². The molecule has 0 saturated carbocycles. The second-order valence-corrected chi connectivity index (χ2v) is 4.43. The molecule has 1 aromatic carbocycles. The average Bonchev–Trinajstić information content (AvgIpc) is 2.89. The third kappa shape index (κ3) is 3.42. The quantitative estimate of drug-likeness (QED) is 0.710. The molecule has 2 aromatic rings. The lowest BCUT2D eigenvalue weighted by atomic mass is 10.1. The lowest BCUT2D eigenvalue weighted by Gasteiger charge is -2.00. The van der Waals surface area contributed by atoms with E-state index >= 15 is 0 Å². The van der Waals surface area contributed by atoms with E-state index < -0.39 is 0 Å². The van der Waals surface area contributed by atoms with Gasteiger partial charge in [0.2, 0.25) is 0 Å². The zero-order chi connectivity index (χ0) is 13.7. The van der Waals surface area contributed by atoms with Crippen molar-refractivity contribution in [3.8, 4) is 11.3 Å². The van der Waals surface area contributed by atoms with Gasteiger partial charge in [0.15, 0.2) is 0 Å². The molecule has 19 heavy (non-hydrogen) atoms. The topological polar surface area (TPSA) is 83.8 Å². The fourth-order valence-corrected chi connectivity index (χ4v) is 1.71. The van der Waals surface area contributed by atoms with Crippen molar-refractivity contribution in [3.63, 3.8) is 0 Å². The van der Waals surface area contributed by atoms with Crippen LogP contribution >= 0.6 is 0 Å². The minimum Gasteiger partial charge on any atom is -0.351 e. The number of carbonyl (C=O) groups excluding carboxylic acids is 1. The van der Waals surface area contributed by atoms with E-state index in [4.69, 9.17) is 5.73 Å². The molecule has 0 aliphatic rings. The van der Waals surface area contributed by atoms with Crippen molar-refractivity contribution in [1.82, 2.24) is 15.5 Å². The molecule has 1 aromatic heterocycles. The summed E-state index contributed by atoms with van der Waals surface area (Å²) in [5.41, 5.74) is 8.79. The van der Waals surface area contributed by atoms with Crippen molar-refractivity contribution in [2.75, 3.05) is 13.1 Å². The van der Waals surface area contributed by atoms with Crippen LogP contribution in [-0.2, 0) is 0 Å². The maximum Gasteiger partial charge on any atom is 0.269 e. The molecule has 2 rings (SSSR count). The normalized spacial score (nSPS) is 10.4. The summed E-state index contributed by atoms with van der Waals surface area (Å²) in [5.74, 6) is -0.153. The van der Waals surface area contributed by atoms with Gasteiger partial charge in [-0.15, -0.1) is 0 Å². The molecule has 0 radical (unpaired) electrons. The van der Waals surface area contributed by atoms with Crippen molar-refractivity contribution in [2.45, 2.75) is 13.3 Å². The van der Waals surface area contributed by atoms with Crippen LogP contribution in [0.4, 0.5) is 0 Å². The third-order valence-corrected chi connectivity index (χ3v) is 2.84. The molecule has 1 amide bonds. The monoisotopic (exact) mass is 258 g/mol. The number of amides is 1. The first kappa shape index (κ1) is 13.3. The molecule has 1 heterocycles. The van der Waals surface area contributed by atoms with Crippen LogP contribution in [0, 0.1) is 6.92 Å². The van der Waals surface area contributed by atoms with E-state index in [9.17, 15) is 4.79 Å². The third-order valence-electron chi connectivity index (χ3n) is 2.84. The summed E-state index contributed by atoms with van der Waals surface area (Å²) < 4.78 is 0. The summed E-state index contributed by atoms with van der Waals surface area (Å²) in [7, 11) is 0. The first-order valence-corrected chi connectivity index (χ1v) is 6.31. The van der Waals surface area contributed by atoms with Gasteiger partial charge in [0.25, 0.3) is 5.91 Å². The largest absolute Gasteiger partial charge is 0.351 e. The molecule has 100 valence electrons. The van der Waals surface area contributed by atoms with Crippen molar-refractivity contribution in [3.05, 3.63) is 41.6 Å². The fourth-order valence-electron chi connectivity index (χ4n) is 1.71. The Hall–Kier alpha value is -2.14. The Kier molecular flexibility index (Phi) is 4.30. The van der Waals surface area contributed by atoms with Gasteiger partial charge in [-0.2, -0.15) is 5.10 Å². The Bertz CT molecular complexity index is 545. The molecule has 0 saturated heterocycles. The first-order valence-electron chi connectivity index (χ1n) is 6.31. The van der Waals surface area contributed by atoms with Crippen LogP contribution in [0.15, 0.2) is 30.3 Å². The van der Waals surface area contributed by atoms with Crippen LogP contribution in [0.2, 0.25) is 0 Å². The highest BCUT2D eigenvalue weighted by Gasteiger charge is 2.10. The molecular weight excluding hydrogens is 240 g/mol. The van der Waals surface area contributed by atoms with Gasteiger partial charge >= 0.3 is 0 Å². The van der Waals surface area contributed by atoms with Crippen LogP contribution < -0.4 is 11.1 Å². The minimum absolute atomic E-state index is 0.153. The number of aryl methyl sites for hydroxylation is 1. The number of nitrogens with one attached hydrogen (secondary N) is 2. The zero-order valence-corrected chi connectivity index (χ0v) is 10.9. The molecule has 0 bridgehead atoms. The van der Waals surface area contributed by atoms with Crippen LogP contribution in [0.5, 0.6) is 0 Å². The van der Waals surface area contributed by atoms with E-state index in [1.54, 1.807) is 6.07 Å². The smallest absolute Gasteiger partial charge is 0.269 e. The maximum atomic E-state index is 11.8. The van der Waals surface area contributed by atoms with Gasteiger partial charge in [-0.3, -0.25) is 9.89 Å². The molecule has 4 N–H and O–H groups in total. The number of nitrogens with two attached hydrogens (primary N) is 1. The lowest BCUT2D eigenvalue weighted by Crippen LogP contribution is -2.26.